The van der Waals surface area contributed by atoms with Gasteiger partial charge in [0, 0.05) is 13.2 Å². The zero-order valence-electron chi connectivity index (χ0n) is 9.90. The van der Waals surface area contributed by atoms with E-state index in [-0.39, 0.29) is 11.5 Å². The molecule has 0 aromatic carbocycles. The average Bonchev–Trinajstić information content (AvgIpc) is 2.84. The lowest BCUT2D eigenvalue weighted by molar-refractivity contribution is 0.260. The highest BCUT2D eigenvalue weighted by Crippen LogP contribution is 2.46. The Hall–Kier alpha value is -1.34. The third-order valence-electron chi connectivity index (χ3n) is 3.77. The van der Waals surface area contributed by atoms with Gasteiger partial charge in [0.05, 0.1) is 17.3 Å². The van der Waals surface area contributed by atoms with Gasteiger partial charge in [-0.1, -0.05) is 19.8 Å². The zero-order valence-corrected chi connectivity index (χ0v) is 9.90. The van der Waals surface area contributed by atoms with Crippen molar-refractivity contribution >= 4 is 0 Å². The number of rotatable bonds is 2. The van der Waals surface area contributed by atoms with Gasteiger partial charge >= 0.3 is 0 Å². The molecule has 1 aromatic rings. The van der Waals surface area contributed by atoms with E-state index in [9.17, 15) is 0 Å². The lowest BCUT2D eigenvalue weighted by Gasteiger charge is -2.29. The first-order valence-electron chi connectivity index (χ1n) is 5.76. The molecule has 0 saturated heterocycles. The molecule has 1 fully saturated rings. The molecule has 0 bridgehead atoms. The van der Waals surface area contributed by atoms with Crippen molar-refractivity contribution in [2.24, 2.45) is 18.2 Å². The number of hydrogen-bond acceptors (Lipinski definition) is 3. The molecule has 86 valence electrons. The van der Waals surface area contributed by atoms with Gasteiger partial charge in [-0.2, -0.15) is 10.4 Å². The molecule has 1 heterocycles. The van der Waals surface area contributed by atoms with Crippen molar-refractivity contribution < 1.29 is 0 Å². The number of aromatic nitrogens is 2. The summed E-state index contributed by atoms with van der Waals surface area (Å²) in [7, 11) is 1.83. The summed E-state index contributed by atoms with van der Waals surface area (Å²) in [5.41, 5.74) is 7.78. The summed E-state index contributed by atoms with van der Waals surface area (Å²) >= 11 is 0. The van der Waals surface area contributed by atoms with Crippen LogP contribution >= 0.6 is 0 Å². The number of nitrogens with two attached hydrogens (primary N) is 1. The van der Waals surface area contributed by atoms with Crippen molar-refractivity contribution in [2.45, 2.75) is 38.6 Å². The van der Waals surface area contributed by atoms with Gasteiger partial charge in [0.1, 0.15) is 6.07 Å². The van der Waals surface area contributed by atoms with Crippen LogP contribution in [0.1, 0.15) is 49.9 Å². The minimum atomic E-state index is -0.120. The summed E-state index contributed by atoms with van der Waals surface area (Å²) in [4.78, 5) is 0. The second-order valence-electron chi connectivity index (χ2n) is 5.05. The van der Waals surface area contributed by atoms with Gasteiger partial charge in [-0.05, 0) is 18.3 Å². The minimum absolute atomic E-state index is 0.111. The first-order chi connectivity index (χ1) is 7.57. The van der Waals surface area contributed by atoms with E-state index in [2.05, 4.69) is 18.1 Å². The van der Waals surface area contributed by atoms with Crippen molar-refractivity contribution in [3.05, 3.63) is 17.5 Å². The molecule has 0 amide bonds. The van der Waals surface area contributed by atoms with Crippen LogP contribution in [0.4, 0.5) is 0 Å². The Morgan fingerprint density at radius 1 is 1.56 bits per heavy atom. The molecule has 0 radical (unpaired) electrons. The minimum Gasteiger partial charge on any atom is -0.322 e. The van der Waals surface area contributed by atoms with Crippen LogP contribution in [0.3, 0.4) is 0 Å². The van der Waals surface area contributed by atoms with Crippen molar-refractivity contribution in [1.82, 2.24) is 9.78 Å². The van der Waals surface area contributed by atoms with Gasteiger partial charge in [-0.3, -0.25) is 4.68 Å². The molecular weight excluding hydrogens is 200 g/mol. The van der Waals surface area contributed by atoms with Crippen molar-refractivity contribution in [2.75, 3.05) is 0 Å². The summed E-state index contributed by atoms with van der Waals surface area (Å²) in [6.45, 7) is 2.21. The maximum absolute atomic E-state index is 9.05. The number of nitrogens with zero attached hydrogens (tertiary/aromatic N) is 3. The fourth-order valence-corrected chi connectivity index (χ4v) is 2.65. The molecule has 0 aliphatic heterocycles. The zero-order chi connectivity index (χ0) is 11.8. The Balaban J connectivity index is 2.33. The second kappa shape index (κ2) is 3.91. The first-order valence-corrected chi connectivity index (χ1v) is 5.76. The highest BCUT2D eigenvalue weighted by Gasteiger charge is 2.38. The molecule has 4 nitrogen and oxygen atoms in total. The van der Waals surface area contributed by atoms with E-state index >= 15 is 0 Å². The van der Waals surface area contributed by atoms with E-state index in [1.54, 1.807) is 10.9 Å². The summed E-state index contributed by atoms with van der Waals surface area (Å²) in [6.07, 6.45) is 6.48. The van der Waals surface area contributed by atoms with Crippen LogP contribution in [0.2, 0.25) is 0 Å². The maximum Gasteiger partial charge on any atom is 0.103 e. The van der Waals surface area contributed by atoms with E-state index in [0.717, 1.165) is 18.5 Å². The standard InChI is InChI=1S/C12H18N4/c1-12(5-3-4-6-12)11(14)10-9(7-13)8-16(2)15-10/h8,11H,3-6,14H2,1-2H3/t11-/m0/s1. The largest absolute Gasteiger partial charge is 0.322 e. The highest BCUT2D eigenvalue weighted by molar-refractivity contribution is 5.34. The average molecular weight is 218 g/mol. The van der Waals surface area contributed by atoms with Crippen molar-refractivity contribution in [3.63, 3.8) is 0 Å². The number of aryl methyl sites for hydroxylation is 1. The monoisotopic (exact) mass is 218 g/mol. The highest BCUT2D eigenvalue weighted by atomic mass is 15.3. The Kier molecular flexibility index (Phi) is 2.73. The van der Waals surface area contributed by atoms with Crippen LogP contribution in [0, 0.1) is 16.7 Å². The van der Waals surface area contributed by atoms with Gasteiger partial charge in [0.2, 0.25) is 0 Å². The van der Waals surface area contributed by atoms with E-state index in [4.69, 9.17) is 11.0 Å². The van der Waals surface area contributed by atoms with Crippen LogP contribution < -0.4 is 5.73 Å². The lowest BCUT2D eigenvalue weighted by Crippen LogP contribution is -2.30. The topological polar surface area (TPSA) is 67.6 Å². The molecule has 0 unspecified atom stereocenters. The van der Waals surface area contributed by atoms with Crippen LogP contribution in [0.5, 0.6) is 0 Å². The Morgan fingerprint density at radius 3 is 2.75 bits per heavy atom. The van der Waals surface area contributed by atoms with Gasteiger partial charge in [-0.15, -0.1) is 0 Å². The third-order valence-corrected chi connectivity index (χ3v) is 3.77. The Labute approximate surface area is 96.0 Å². The molecule has 16 heavy (non-hydrogen) atoms. The molecule has 1 aliphatic rings. The summed E-state index contributed by atoms with van der Waals surface area (Å²) in [5, 5.41) is 13.4. The molecule has 1 aromatic heterocycles. The van der Waals surface area contributed by atoms with E-state index < -0.39 is 0 Å². The lowest BCUT2D eigenvalue weighted by atomic mass is 9.79. The van der Waals surface area contributed by atoms with Crippen LogP contribution in [-0.4, -0.2) is 9.78 Å². The first kappa shape index (κ1) is 11.2. The van der Waals surface area contributed by atoms with Crippen molar-refractivity contribution in [3.8, 4) is 6.07 Å². The fraction of sp³-hybridized carbons (Fsp3) is 0.667. The second-order valence-corrected chi connectivity index (χ2v) is 5.05. The van der Waals surface area contributed by atoms with Crippen molar-refractivity contribution in [1.29, 1.82) is 5.26 Å². The molecule has 2 N–H and O–H groups in total. The van der Waals surface area contributed by atoms with Crippen LogP contribution in [-0.2, 0) is 7.05 Å². The Bertz CT molecular complexity index is 421. The molecule has 0 spiro atoms. The van der Waals surface area contributed by atoms with Gasteiger partial charge in [0.15, 0.2) is 0 Å². The fourth-order valence-electron chi connectivity index (χ4n) is 2.65. The predicted molar refractivity (Wildman–Crippen MR) is 61.4 cm³/mol. The van der Waals surface area contributed by atoms with E-state index in [1.807, 2.05) is 7.05 Å². The molecule has 1 atom stereocenters. The van der Waals surface area contributed by atoms with E-state index in [0.29, 0.717) is 5.56 Å². The summed E-state index contributed by atoms with van der Waals surface area (Å²) < 4.78 is 1.67. The third kappa shape index (κ3) is 1.72. The van der Waals surface area contributed by atoms with Gasteiger partial charge < -0.3 is 5.73 Å². The molecule has 4 heteroatoms. The quantitative estimate of drug-likeness (QED) is 0.824. The molecule has 2 rings (SSSR count). The number of hydrogen-bond donors (Lipinski definition) is 1. The summed E-state index contributed by atoms with van der Waals surface area (Å²) in [6, 6.07) is 2.06. The molecule has 1 saturated carbocycles. The molecule has 1 aliphatic carbocycles. The Morgan fingerprint density at radius 2 is 2.19 bits per heavy atom. The maximum atomic E-state index is 9.05. The SMILES string of the molecule is Cn1cc(C#N)c([C@H](N)C2(C)CCCC2)n1. The molecular formula is C12H18N4. The smallest absolute Gasteiger partial charge is 0.103 e. The normalized spacial score (nSPS) is 20.6. The van der Waals surface area contributed by atoms with Gasteiger partial charge in [0.25, 0.3) is 0 Å². The van der Waals surface area contributed by atoms with Gasteiger partial charge in [-0.25, -0.2) is 0 Å². The number of nitriles is 1. The van der Waals surface area contributed by atoms with E-state index in [1.165, 1.54) is 12.8 Å². The predicted octanol–water partition coefficient (Wildman–Crippen LogP) is 1.87. The summed E-state index contributed by atoms with van der Waals surface area (Å²) in [5.74, 6) is 0. The van der Waals surface area contributed by atoms with Crippen LogP contribution in [0.25, 0.3) is 0 Å². The van der Waals surface area contributed by atoms with Crippen LogP contribution in [0.15, 0.2) is 6.20 Å².